The van der Waals surface area contributed by atoms with Gasteiger partial charge < -0.3 is 5.32 Å². The van der Waals surface area contributed by atoms with Crippen LogP contribution in [0.15, 0.2) is 47.4 Å². The molecule has 1 atom stereocenters. The Bertz CT molecular complexity index is 869. The summed E-state index contributed by atoms with van der Waals surface area (Å²) in [6.07, 6.45) is 0. The first-order chi connectivity index (χ1) is 11.2. The zero-order chi connectivity index (χ0) is 17.9. The van der Waals surface area contributed by atoms with Crippen LogP contribution in [0.2, 0.25) is 10.0 Å². The van der Waals surface area contributed by atoms with E-state index in [4.69, 9.17) is 23.2 Å². The quantitative estimate of drug-likeness (QED) is 0.826. The number of carbonyl (C=O) groups is 1. The lowest BCUT2D eigenvalue weighted by atomic mass is 10.1. The molecule has 0 aliphatic carbocycles. The lowest BCUT2D eigenvalue weighted by Gasteiger charge is -2.15. The van der Waals surface area contributed by atoms with E-state index in [2.05, 4.69) is 10.0 Å². The molecule has 8 heteroatoms. The summed E-state index contributed by atoms with van der Waals surface area (Å²) in [5.74, 6) is -0.410. The Kier molecular flexibility index (Phi) is 5.87. The Morgan fingerprint density at radius 3 is 2.46 bits per heavy atom. The van der Waals surface area contributed by atoms with Gasteiger partial charge in [-0.15, -0.1) is 0 Å². The molecule has 0 aliphatic heterocycles. The van der Waals surface area contributed by atoms with E-state index < -0.39 is 15.9 Å². The van der Waals surface area contributed by atoms with Crippen molar-refractivity contribution in [2.75, 3.05) is 7.05 Å². The van der Waals surface area contributed by atoms with Crippen LogP contribution in [0.4, 0.5) is 0 Å². The molecule has 1 amide bonds. The average Bonchev–Trinajstić information content (AvgIpc) is 2.54. The fourth-order valence-corrected chi connectivity index (χ4v) is 3.55. The summed E-state index contributed by atoms with van der Waals surface area (Å²) >= 11 is 11.9. The third-order valence-electron chi connectivity index (χ3n) is 3.45. The molecule has 0 bridgehead atoms. The van der Waals surface area contributed by atoms with Crippen LogP contribution in [0.3, 0.4) is 0 Å². The fraction of sp³-hybridized carbons (Fsp3) is 0.188. The van der Waals surface area contributed by atoms with Gasteiger partial charge in [0.1, 0.15) is 4.90 Å². The molecule has 0 fully saturated rings. The van der Waals surface area contributed by atoms with Gasteiger partial charge in [-0.3, -0.25) is 4.79 Å². The second-order valence-corrected chi connectivity index (χ2v) is 7.80. The highest BCUT2D eigenvalue weighted by molar-refractivity contribution is 7.89. The predicted octanol–water partition coefficient (Wildman–Crippen LogP) is 3.39. The van der Waals surface area contributed by atoms with Crippen LogP contribution < -0.4 is 10.0 Å². The van der Waals surface area contributed by atoms with E-state index in [1.165, 1.54) is 25.2 Å². The molecule has 0 aromatic heterocycles. The number of halogens is 2. The molecule has 0 spiro atoms. The molecular formula is C16H16Cl2N2O3S. The van der Waals surface area contributed by atoms with E-state index in [1.54, 1.807) is 18.2 Å². The Labute approximate surface area is 151 Å². The minimum absolute atomic E-state index is 0.0452. The Morgan fingerprint density at radius 1 is 1.12 bits per heavy atom. The lowest BCUT2D eigenvalue weighted by molar-refractivity contribution is 0.0939. The van der Waals surface area contributed by atoms with Crippen LogP contribution in [-0.2, 0) is 10.0 Å². The Hall–Kier alpha value is -1.60. The zero-order valence-electron chi connectivity index (χ0n) is 13.0. The molecule has 128 valence electrons. The van der Waals surface area contributed by atoms with E-state index in [1.807, 2.05) is 13.0 Å². The molecule has 0 unspecified atom stereocenters. The SMILES string of the molecule is CNS(=O)(=O)c1cc(C(=O)N[C@H](C)c2cccc(Cl)c2)ccc1Cl. The van der Waals surface area contributed by atoms with Crippen molar-refractivity contribution < 1.29 is 13.2 Å². The van der Waals surface area contributed by atoms with E-state index in [0.717, 1.165) is 5.56 Å². The molecule has 2 N–H and O–H groups in total. The highest BCUT2D eigenvalue weighted by atomic mass is 35.5. The van der Waals surface area contributed by atoms with Gasteiger partial charge in [0.05, 0.1) is 11.1 Å². The highest BCUT2D eigenvalue weighted by Crippen LogP contribution is 2.23. The molecule has 0 aliphatic rings. The predicted molar refractivity (Wildman–Crippen MR) is 95.0 cm³/mol. The van der Waals surface area contributed by atoms with Gasteiger partial charge in [0.25, 0.3) is 5.91 Å². The minimum atomic E-state index is -3.75. The molecule has 0 saturated carbocycles. The molecular weight excluding hydrogens is 371 g/mol. The third-order valence-corrected chi connectivity index (χ3v) is 5.58. The number of hydrogen-bond acceptors (Lipinski definition) is 3. The minimum Gasteiger partial charge on any atom is -0.346 e. The maximum Gasteiger partial charge on any atom is 0.251 e. The number of hydrogen-bond donors (Lipinski definition) is 2. The van der Waals surface area contributed by atoms with Crippen LogP contribution >= 0.6 is 23.2 Å². The molecule has 2 aromatic rings. The third kappa shape index (κ3) is 4.27. The number of sulfonamides is 1. The van der Waals surface area contributed by atoms with Crippen LogP contribution in [0.25, 0.3) is 0 Å². The Balaban J connectivity index is 2.26. The van der Waals surface area contributed by atoms with Crippen molar-refractivity contribution in [3.05, 3.63) is 63.6 Å². The first kappa shape index (κ1) is 18.7. The van der Waals surface area contributed by atoms with Crippen LogP contribution in [0.1, 0.15) is 28.9 Å². The summed E-state index contributed by atoms with van der Waals surface area (Å²) in [5.41, 5.74) is 1.04. The number of benzene rings is 2. The summed E-state index contributed by atoms with van der Waals surface area (Å²) in [4.78, 5) is 12.2. The van der Waals surface area contributed by atoms with Gasteiger partial charge in [-0.25, -0.2) is 13.1 Å². The van der Waals surface area contributed by atoms with Crippen LogP contribution in [0, 0.1) is 0 Å². The van der Waals surface area contributed by atoms with Gasteiger partial charge in [-0.05, 0) is 49.9 Å². The highest BCUT2D eigenvalue weighted by Gasteiger charge is 2.19. The largest absolute Gasteiger partial charge is 0.346 e. The number of amides is 1. The second kappa shape index (κ2) is 7.53. The van der Waals surface area contributed by atoms with Gasteiger partial charge in [0.15, 0.2) is 0 Å². The molecule has 2 aromatic carbocycles. The van der Waals surface area contributed by atoms with Crippen molar-refractivity contribution in [3.8, 4) is 0 Å². The van der Waals surface area contributed by atoms with Crippen molar-refractivity contribution in [2.24, 2.45) is 0 Å². The Morgan fingerprint density at radius 2 is 1.83 bits per heavy atom. The molecule has 0 radical (unpaired) electrons. The summed E-state index contributed by atoms with van der Waals surface area (Å²) in [6.45, 7) is 1.81. The average molecular weight is 387 g/mol. The van der Waals surface area contributed by atoms with Crippen molar-refractivity contribution in [1.29, 1.82) is 0 Å². The topological polar surface area (TPSA) is 75.3 Å². The zero-order valence-corrected chi connectivity index (χ0v) is 15.3. The number of carbonyl (C=O) groups excluding carboxylic acids is 1. The smallest absolute Gasteiger partial charge is 0.251 e. The molecule has 5 nitrogen and oxygen atoms in total. The second-order valence-electron chi connectivity index (χ2n) is 5.10. The van der Waals surface area contributed by atoms with Gasteiger partial charge in [-0.1, -0.05) is 35.3 Å². The number of rotatable bonds is 5. The summed E-state index contributed by atoms with van der Waals surface area (Å²) in [7, 11) is -2.47. The van der Waals surface area contributed by atoms with Gasteiger partial charge in [-0.2, -0.15) is 0 Å². The van der Waals surface area contributed by atoms with Crippen LogP contribution in [0.5, 0.6) is 0 Å². The van der Waals surface area contributed by atoms with Crippen molar-refractivity contribution in [1.82, 2.24) is 10.0 Å². The van der Waals surface area contributed by atoms with E-state index in [0.29, 0.717) is 5.02 Å². The molecule has 0 heterocycles. The maximum atomic E-state index is 12.4. The van der Waals surface area contributed by atoms with Gasteiger partial charge in [0, 0.05) is 10.6 Å². The monoisotopic (exact) mass is 386 g/mol. The van der Waals surface area contributed by atoms with Crippen LogP contribution in [-0.4, -0.2) is 21.4 Å². The summed E-state index contributed by atoms with van der Waals surface area (Å²) in [6, 6.07) is 10.9. The summed E-state index contributed by atoms with van der Waals surface area (Å²) < 4.78 is 26.1. The van der Waals surface area contributed by atoms with Crippen molar-refractivity contribution in [3.63, 3.8) is 0 Å². The van der Waals surface area contributed by atoms with Gasteiger partial charge in [0.2, 0.25) is 10.0 Å². The summed E-state index contributed by atoms with van der Waals surface area (Å²) in [5, 5.41) is 3.42. The first-order valence-corrected chi connectivity index (χ1v) is 9.28. The fourth-order valence-electron chi connectivity index (χ4n) is 2.10. The standard InChI is InChI=1S/C16H16Cl2N2O3S/c1-10(11-4-3-5-13(17)8-11)20-16(21)12-6-7-14(18)15(9-12)24(22,23)19-2/h3-10,19H,1-2H3,(H,20,21)/t10-/m1/s1. The maximum absolute atomic E-state index is 12.4. The van der Waals surface area contributed by atoms with Crippen molar-refractivity contribution in [2.45, 2.75) is 17.9 Å². The van der Waals surface area contributed by atoms with Crippen molar-refractivity contribution >= 4 is 39.1 Å². The molecule has 0 saturated heterocycles. The normalized spacial score (nSPS) is 12.7. The number of nitrogens with one attached hydrogen (secondary N) is 2. The van der Waals surface area contributed by atoms with E-state index in [9.17, 15) is 13.2 Å². The first-order valence-electron chi connectivity index (χ1n) is 7.04. The van der Waals surface area contributed by atoms with E-state index in [-0.39, 0.29) is 21.5 Å². The molecule has 24 heavy (non-hydrogen) atoms. The molecule has 2 rings (SSSR count). The lowest BCUT2D eigenvalue weighted by Crippen LogP contribution is -2.27. The van der Waals surface area contributed by atoms with E-state index >= 15 is 0 Å². The van der Waals surface area contributed by atoms with Gasteiger partial charge >= 0.3 is 0 Å².